The largest absolute Gasteiger partial charge is 0.480 e. The molecule has 5 heteroatoms. The highest BCUT2D eigenvalue weighted by molar-refractivity contribution is 5.83. The zero-order valence-electron chi connectivity index (χ0n) is 10.9. The maximum absolute atomic E-state index is 11.7. The van der Waals surface area contributed by atoms with E-state index in [-0.39, 0.29) is 0 Å². The number of carbonyl (C=O) groups is 1. The molecule has 0 spiro atoms. The highest BCUT2D eigenvalue weighted by Crippen LogP contribution is 2.35. The van der Waals surface area contributed by atoms with Crippen LogP contribution in [0.25, 0.3) is 0 Å². The summed E-state index contributed by atoms with van der Waals surface area (Å²) in [5, 5.41) is 21.7. The van der Waals surface area contributed by atoms with Gasteiger partial charge in [0.15, 0.2) is 0 Å². The minimum absolute atomic E-state index is 0.361. The van der Waals surface area contributed by atoms with Crippen molar-refractivity contribution in [1.29, 1.82) is 5.26 Å². The lowest BCUT2D eigenvalue weighted by atomic mass is 9.76. The SMILES string of the molecule is CC1CCCC(Nc2cnccc2C#N)(C(=O)O)C1. The summed E-state index contributed by atoms with van der Waals surface area (Å²) >= 11 is 0. The minimum Gasteiger partial charge on any atom is -0.480 e. The summed E-state index contributed by atoms with van der Waals surface area (Å²) in [4.78, 5) is 15.6. The molecule has 5 nitrogen and oxygen atoms in total. The van der Waals surface area contributed by atoms with Crippen molar-refractivity contribution in [2.75, 3.05) is 5.32 Å². The molecule has 0 aliphatic heterocycles. The minimum atomic E-state index is -0.980. The van der Waals surface area contributed by atoms with Gasteiger partial charge in [-0.3, -0.25) is 4.98 Å². The van der Waals surface area contributed by atoms with E-state index in [1.54, 1.807) is 6.07 Å². The quantitative estimate of drug-likeness (QED) is 0.870. The Labute approximate surface area is 112 Å². The molecule has 0 saturated heterocycles. The van der Waals surface area contributed by atoms with Crippen LogP contribution in [-0.2, 0) is 4.79 Å². The van der Waals surface area contributed by atoms with Gasteiger partial charge in [-0.15, -0.1) is 0 Å². The third-order valence-electron chi connectivity index (χ3n) is 3.72. The Kier molecular flexibility index (Phi) is 3.70. The lowest BCUT2D eigenvalue weighted by molar-refractivity contribution is -0.144. The zero-order valence-corrected chi connectivity index (χ0v) is 10.9. The number of nitriles is 1. The van der Waals surface area contributed by atoms with Crippen LogP contribution in [0, 0.1) is 17.2 Å². The van der Waals surface area contributed by atoms with E-state index in [2.05, 4.69) is 23.3 Å². The normalized spacial score (nSPS) is 26.4. The van der Waals surface area contributed by atoms with Gasteiger partial charge in [0.2, 0.25) is 0 Å². The summed E-state index contributed by atoms with van der Waals surface area (Å²) in [5.74, 6) is -0.494. The van der Waals surface area contributed by atoms with Crippen LogP contribution in [0.3, 0.4) is 0 Å². The molecular weight excluding hydrogens is 242 g/mol. The molecule has 0 amide bonds. The number of carboxylic acids is 1. The Balaban J connectivity index is 2.31. The van der Waals surface area contributed by atoms with Crippen molar-refractivity contribution >= 4 is 11.7 Å². The summed E-state index contributed by atoms with van der Waals surface area (Å²) in [6, 6.07) is 3.64. The molecule has 19 heavy (non-hydrogen) atoms. The monoisotopic (exact) mass is 259 g/mol. The number of aliphatic carboxylic acids is 1. The fraction of sp³-hybridized carbons (Fsp3) is 0.500. The number of nitrogens with one attached hydrogen (secondary N) is 1. The fourth-order valence-electron chi connectivity index (χ4n) is 2.76. The van der Waals surface area contributed by atoms with Gasteiger partial charge in [-0.1, -0.05) is 19.8 Å². The predicted octanol–water partition coefficient (Wildman–Crippen LogP) is 2.40. The van der Waals surface area contributed by atoms with E-state index in [0.717, 1.165) is 12.8 Å². The number of anilines is 1. The standard InChI is InChI=1S/C14H17N3O2/c1-10-3-2-5-14(7-10,13(18)19)17-12-9-16-6-4-11(12)8-15/h4,6,9-10,17H,2-3,5,7H2,1H3,(H,18,19). The number of carboxylic acid groups (broad SMARTS) is 1. The number of pyridine rings is 1. The lowest BCUT2D eigenvalue weighted by Gasteiger charge is -2.37. The summed E-state index contributed by atoms with van der Waals surface area (Å²) < 4.78 is 0. The highest BCUT2D eigenvalue weighted by atomic mass is 16.4. The van der Waals surface area contributed by atoms with Crippen molar-refractivity contribution in [3.05, 3.63) is 24.0 Å². The molecule has 1 aliphatic carbocycles. The van der Waals surface area contributed by atoms with Crippen LogP contribution in [0.1, 0.15) is 38.2 Å². The molecule has 1 aromatic heterocycles. The first-order valence-corrected chi connectivity index (χ1v) is 6.43. The van der Waals surface area contributed by atoms with Crippen LogP contribution >= 0.6 is 0 Å². The Hall–Kier alpha value is -2.09. The van der Waals surface area contributed by atoms with Crippen molar-refractivity contribution in [3.63, 3.8) is 0 Å². The van der Waals surface area contributed by atoms with Crippen molar-refractivity contribution in [3.8, 4) is 6.07 Å². The van der Waals surface area contributed by atoms with Gasteiger partial charge in [-0.25, -0.2) is 4.79 Å². The van der Waals surface area contributed by atoms with Crippen LogP contribution in [0.2, 0.25) is 0 Å². The number of hydrogen-bond donors (Lipinski definition) is 2. The molecule has 0 bridgehead atoms. The van der Waals surface area contributed by atoms with Gasteiger partial charge in [0, 0.05) is 6.20 Å². The molecule has 1 aliphatic rings. The van der Waals surface area contributed by atoms with E-state index in [1.807, 2.05) is 0 Å². The van der Waals surface area contributed by atoms with Crippen molar-refractivity contribution < 1.29 is 9.90 Å². The summed E-state index contributed by atoms with van der Waals surface area (Å²) in [6.07, 6.45) is 6.12. The van der Waals surface area contributed by atoms with Crippen molar-refractivity contribution in [2.24, 2.45) is 5.92 Å². The van der Waals surface area contributed by atoms with Crippen LogP contribution in [0.4, 0.5) is 5.69 Å². The second-order valence-electron chi connectivity index (χ2n) is 5.25. The Morgan fingerprint density at radius 1 is 1.68 bits per heavy atom. The maximum atomic E-state index is 11.7. The molecule has 2 unspecified atom stereocenters. The topological polar surface area (TPSA) is 86.0 Å². The molecule has 0 aromatic carbocycles. The van der Waals surface area contributed by atoms with Gasteiger partial charge in [-0.05, 0) is 24.8 Å². The van der Waals surface area contributed by atoms with E-state index in [1.165, 1.54) is 12.4 Å². The number of hydrogen-bond acceptors (Lipinski definition) is 4. The number of rotatable bonds is 3. The summed E-state index contributed by atoms with van der Waals surface area (Å²) in [6.45, 7) is 2.06. The van der Waals surface area contributed by atoms with E-state index in [0.29, 0.717) is 30.0 Å². The third kappa shape index (κ3) is 2.68. The fourth-order valence-corrected chi connectivity index (χ4v) is 2.76. The van der Waals surface area contributed by atoms with E-state index >= 15 is 0 Å². The van der Waals surface area contributed by atoms with Crippen LogP contribution in [-0.4, -0.2) is 21.6 Å². The maximum Gasteiger partial charge on any atom is 0.329 e. The van der Waals surface area contributed by atoms with Crippen molar-refractivity contribution in [2.45, 2.75) is 38.1 Å². The third-order valence-corrected chi connectivity index (χ3v) is 3.72. The molecular formula is C14H17N3O2. The molecule has 1 saturated carbocycles. The van der Waals surface area contributed by atoms with Gasteiger partial charge in [0.1, 0.15) is 11.6 Å². The average Bonchev–Trinajstić information content (AvgIpc) is 2.39. The van der Waals surface area contributed by atoms with Crippen LogP contribution in [0.15, 0.2) is 18.5 Å². The van der Waals surface area contributed by atoms with Gasteiger partial charge in [0.25, 0.3) is 0 Å². The van der Waals surface area contributed by atoms with Crippen LogP contribution in [0.5, 0.6) is 0 Å². The molecule has 2 rings (SSSR count). The molecule has 2 atom stereocenters. The van der Waals surface area contributed by atoms with E-state index < -0.39 is 11.5 Å². The number of nitrogens with zero attached hydrogens (tertiary/aromatic N) is 2. The van der Waals surface area contributed by atoms with E-state index in [4.69, 9.17) is 5.26 Å². The average molecular weight is 259 g/mol. The molecule has 1 heterocycles. The zero-order chi connectivity index (χ0) is 13.9. The molecule has 1 fully saturated rings. The molecule has 1 aromatic rings. The van der Waals surface area contributed by atoms with Crippen molar-refractivity contribution in [1.82, 2.24) is 4.98 Å². The molecule has 0 radical (unpaired) electrons. The second-order valence-corrected chi connectivity index (χ2v) is 5.25. The first kappa shape index (κ1) is 13.3. The summed E-state index contributed by atoms with van der Waals surface area (Å²) in [5.41, 5.74) is -0.0536. The first-order chi connectivity index (χ1) is 9.07. The Morgan fingerprint density at radius 2 is 2.47 bits per heavy atom. The lowest BCUT2D eigenvalue weighted by Crippen LogP contribution is -2.49. The highest BCUT2D eigenvalue weighted by Gasteiger charge is 2.42. The second kappa shape index (κ2) is 5.27. The van der Waals surface area contributed by atoms with Gasteiger partial charge in [0.05, 0.1) is 17.4 Å². The van der Waals surface area contributed by atoms with Gasteiger partial charge >= 0.3 is 5.97 Å². The predicted molar refractivity (Wildman–Crippen MR) is 70.6 cm³/mol. The summed E-state index contributed by atoms with van der Waals surface area (Å²) in [7, 11) is 0. The van der Waals surface area contributed by atoms with E-state index in [9.17, 15) is 9.90 Å². The Bertz CT molecular complexity index is 524. The number of aromatic nitrogens is 1. The smallest absolute Gasteiger partial charge is 0.329 e. The molecule has 100 valence electrons. The Morgan fingerprint density at radius 3 is 3.11 bits per heavy atom. The first-order valence-electron chi connectivity index (χ1n) is 6.43. The van der Waals surface area contributed by atoms with Gasteiger partial charge < -0.3 is 10.4 Å². The van der Waals surface area contributed by atoms with Gasteiger partial charge in [-0.2, -0.15) is 5.26 Å². The van der Waals surface area contributed by atoms with Crippen LogP contribution < -0.4 is 5.32 Å². The molecule has 2 N–H and O–H groups in total.